The molecule has 0 atom stereocenters. The molecule has 0 saturated carbocycles. The molecule has 2 aromatic carbocycles. The van der Waals surface area contributed by atoms with Crippen molar-refractivity contribution < 1.29 is 9.59 Å². The summed E-state index contributed by atoms with van der Waals surface area (Å²) in [6.07, 6.45) is 3.71. The van der Waals surface area contributed by atoms with E-state index in [1.54, 1.807) is 4.90 Å². The number of nitrogens with zero attached hydrogens (tertiary/aromatic N) is 1. The maximum atomic E-state index is 12.7. The standard InChI is InChI=1S/C22H21BrN2O2S2/c1-2-15-9-11-16(12-10-15)14-19-21(27)25(22(28)29-19)13-5-8-20(26)24-18-7-4-3-6-17(18)23/h3-4,6-7,9-12,14H,2,5,8,13H2,1H3,(H,24,26)/b19-14-. The highest BCUT2D eigenvalue weighted by Gasteiger charge is 2.31. The molecule has 0 unspecified atom stereocenters. The molecule has 0 bridgehead atoms. The van der Waals surface area contributed by atoms with Gasteiger partial charge in [0.1, 0.15) is 4.32 Å². The van der Waals surface area contributed by atoms with Crippen LogP contribution in [0, 0.1) is 0 Å². The van der Waals surface area contributed by atoms with Crippen LogP contribution in [-0.2, 0) is 16.0 Å². The van der Waals surface area contributed by atoms with E-state index in [0.717, 1.165) is 22.1 Å². The average Bonchev–Trinajstić information content (AvgIpc) is 2.97. The number of hydrogen-bond donors (Lipinski definition) is 1. The quantitative estimate of drug-likeness (QED) is 0.405. The Hall–Kier alpha value is -1.96. The highest BCUT2D eigenvalue weighted by Crippen LogP contribution is 2.32. The number of benzene rings is 2. The topological polar surface area (TPSA) is 49.4 Å². The van der Waals surface area contributed by atoms with Crippen LogP contribution in [0.15, 0.2) is 57.9 Å². The van der Waals surface area contributed by atoms with E-state index < -0.39 is 0 Å². The number of thioether (sulfide) groups is 1. The lowest BCUT2D eigenvalue weighted by atomic mass is 10.1. The Morgan fingerprint density at radius 1 is 1.21 bits per heavy atom. The van der Waals surface area contributed by atoms with Crippen LogP contribution in [0.4, 0.5) is 5.69 Å². The molecule has 1 N–H and O–H groups in total. The largest absolute Gasteiger partial charge is 0.325 e. The zero-order valence-electron chi connectivity index (χ0n) is 16.0. The Morgan fingerprint density at radius 3 is 2.62 bits per heavy atom. The first kappa shape index (κ1) is 21.7. The molecule has 0 aromatic heterocycles. The molecule has 2 amide bonds. The molecule has 3 rings (SSSR count). The van der Waals surface area contributed by atoms with Gasteiger partial charge in [-0.2, -0.15) is 0 Å². The lowest BCUT2D eigenvalue weighted by Crippen LogP contribution is -2.29. The second-order valence-electron chi connectivity index (χ2n) is 6.56. The summed E-state index contributed by atoms with van der Waals surface area (Å²) in [4.78, 5) is 27.1. The molecular weight excluding hydrogens is 468 g/mol. The fraction of sp³-hybridized carbons (Fsp3) is 0.227. The summed E-state index contributed by atoms with van der Waals surface area (Å²) in [5.74, 6) is -0.181. The molecule has 1 aliphatic rings. The van der Waals surface area contributed by atoms with Crippen molar-refractivity contribution in [3.8, 4) is 0 Å². The van der Waals surface area contributed by atoms with E-state index in [4.69, 9.17) is 12.2 Å². The normalized spacial score (nSPS) is 15.2. The van der Waals surface area contributed by atoms with Crippen molar-refractivity contribution in [2.24, 2.45) is 0 Å². The third-order valence-electron chi connectivity index (χ3n) is 4.49. The van der Waals surface area contributed by atoms with E-state index in [1.807, 2.05) is 42.5 Å². The van der Waals surface area contributed by atoms with Gasteiger partial charge in [-0.15, -0.1) is 0 Å². The van der Waals surface area contributed by atoms with Gasteiger partial charge in [0.05, 0.1) is 10.6 Å². The van der Waals surface area contributed by atoms with Gasteiger partial charge < -0.3 is 5.32 Å². The number of aryl methyl sites for hydroxylation is 1. The molecule has 0 spiro atoms. The summed E-state index contributed by atoms with van der Waals surface area (Å²) < 4.78 is 1.38. The van der Waals surface area contributed by atoms with E-state index in [0.29, 0.717) is 28.6 Å². The maximum absolute atomic E-state index is 12.7. The van der Waals surface area contributed by atoms with E-state index in [2.05, 4.69) is 40.3 Å². The molecule has 1 aliphatic heterocycles. The van der Waals surface area contributed by atoms with Gasteiger partial charge in [0.25, 0.3) is 5.91 Å². The number of carbonyl (C=O) groups excluding carboxylic acids is 2. The van der Waals surface area contributed by atoms with Crippen molar-refractivity contribution in [2.45, 2.75) is 26.2 Å². The molecule has 1 heterocycles. The van der Waals surface area contributed by atoms with Crippen molar-refractivity contribution in [3.05, 3.63) is 69.0 Å². The van der Waals surface area contributed by atoms with E-state index >= 15 is 0 Å². The van der Waals surface area contributed by atoms with Crippen LogP contribution in [0.2, 0.25) is 0 Å². The summed E-state index contributed by atoms with van der Waals surface area (Å²) in [7, 11) is 0. The molecule has 1 saturated heterocycles. The number of amides is 2. The first-order valence-corrected chi connectivity index (χ1v) is 11.4. The Labute approximate surface area is 188 Å². The fourth-order valence-corrected chi connectivity index (χ4v) is 4.56. The molecule has 150 valence electrons. The molecule has 7 heteroatoms. The van der Waals surface area contributed by atoms with Crippen LogP contribution in [0.3, 0.4) is 0 Å². The van der Waals surface area contributed by atoms with Crippen LogP contribution < -0.4 is 5.32 Å². The van der Waals surface area contributed by atoms with E-state index in [1.165, 1.54) is 17.3 Å². The summed E-state index contributed by atoms with van der Waals surface area (Å²) in [6.45, 7) is 2.54. The Balaban J connectivity index is 1.54. The predicted molar refractivity (Wildman–Crippen MR) is 128 cm³/mol. The smallest absolute Gasteiger partial charge is 0.266 e. The van der Waals surface area contributed by atoms with Crippen LogP contribution >= 0.6 is 39.9 Å². The number of halogens is 1. The maximum Gasteiger partial charge on any atom is 0.266 e. The minimum absolute atomic E-state index is 0.0890. The van der Waals surface area contributed by atoms with E-state index in [9.17, 15) is 9.59 Å². The SMILES string of the molecule is CCc1ccc(/C=C2\SC(=S)N(CCCC(=O)Nc3ccccc3Br)C2=O)cc1. The Kier molecular flexibility index (Phi) is 7.64. The number of hydrogen-bond acceptors (Lipinski definition) is 4. The van der Waals surface area contributed by atoms with Crippen LogP contribution in [0.5, 0.6) is 0 Å². The van der Waals surface area contributed by atoms with Crippen LogP contribution in [0.1, 0.15) is 30.9 Å². The summed E-state index contributed by atoms with van der Waals surface area (Å²) >= 11 is 10.1. The van der Waals surface area contributed by atoms with Gasteiger partial charge in [-0.1, -0.05) is 67.3 Å². The predicted octanol–water partition coefficient (Wildman–Crippen LogP) is 5.63. The molecule has 1 fully saturated rings. The van der Waals surface area contributed by atoms with Gasteiger partial charge >= 0.3 is 0 Å². The molecule has 4 nitrogen and oxygen atoms in total. The lowest BCUT2D eigenvalue weighted by Gasteiger charge is -2.14. The number of rotatable bonds is 7. The zero-order chi connectivity index (χ0) is 20.8. The fourth-order valence-electron chi connectivity index (χ4n) is 2.87. The number of para-hydroxylation sites is 1. The first-order chi connectivity index (χ1) is 14.0. The summed E-state index contributed by atoms with van der Waals surface area (Å²) in [5.41, 5.74) is 2.98. The number of nitrogens with one attached hydrogen (secondary N) is 1. The third kappa shape index (κ3) is 5.78. The van der Waals surface area contributed by atoms with Crippen LogP contribution in [0.25, 0.3) is 6.08 Å². The van der Waals surface area contributed by atoms with Gasteiger partial charge in [-0.3, -0.25) is 14.5 Å². The summed E-state index contributed by atoms with van der Waals surface area (Å²) in [5, 5.41) is 2.87. The Bertz CT molecular complexity index is 958. The number of thiocarbonyl (C=S) groups is 1. The van der Waals surface area contributed by atoms with Crippen molar-refractivity contribution in [1.82, 2.24) is 4.90 Å². The average molecular weight is 489 g/mol. The minimum atomic E-state index is -0.0919. The second-order valence-corrected chi connectivity index (χ2v) is 9.09. The minimum Gasteiger partial charge on any atom is -0.325 e. The van der Waals surface area contributed by atoms with Crippen molar-refractivity contribution in [2.75, 3.05) is 11.9 Å². The molecular formula is C22H21BrN2O2S2. The van der Waals surface area contributed by atoms with Crippen molar-refractivity contribution in [3.63, 3.8) is 0 Å². The Morgan fingerprint density at radius 2 is 1.93 bits per heavy atom. The van der Waals surface area contributed by atoms with Gasteiger partial charge in [-0.25, -0.2) is 0 Å². The van der Waals surface area contributed by atoms with Gasteiger partial charge in [-0.05, 0) is 58.1 Å². The van der Waals surface area contributed by atoms with Gasteiger partial charge in [0.15, 0.2) is 0 Å². The van der Waals surface area contributed by atoms with Crippen molar-refractivity contribution >= 4 is 67.8 Å². The van der Waals surface area contributed by atoms with Crippen molar-refractivity contribution in [1.29, 1.82) is 0 Å². The zero-order valence-corrected chi connectivity index (χ0v) is 19.2. The second kappa shape index (κ2) is 10.2. The molecule has 2 aromatic rings. The third-order valence-corrected chi connectivity index (χ3v) is 6.56. The number of anilines is 1. The van der Waals surface area contributed by atoms with Crippen LogP contribution in [-0.4, -0.2) is 27.6 Å². The van der Waals surface area contributed by atoms with Gasteiger partial charge in [0.2, 0.25) is 5.91 Å². The highest BCUT2D eigenvalue weighted by atomic mass is 79.9. The lowest BCUT2D eigenvalue weighted by molar-refractivity contribution is -0.122. The van der Waals surface area contributed by atoms with E-state index in [-0.39, 0.29) is 11.8 Å². The highest BCUT2D eigenvalue weighted by molar-refractivity contribution is 9.10. The number of carbonyl (C=O) groups is 2. The monoisotopic (exact) mass is 488 g/mol. The molecule has 29 heavy (non-hydrogen) atoms. The first-order valence-electron chi connectivity index (χ1n) is 9.36. The molecule has 0 radical (unpaired) electrons. The molecule has 0 aliphatic carbocycles. The summed E-state index contributed by atoms with van der Waals surface area (Å²) in [6, 6.07) is 15.6. The van der Waals surface area contributed by atoms with Gasteiger partial charge in [0, 0.05) is 17.4 Å².